The first-order valence-corrected chi connectivity index (χ1v) is 13.3. The van der Waals surface area contributed by atoms with Crippen molar-refractivity contribution in [3.8, 4) is 0 Å². The molecule has 2 aromatic rings. The standard InChI is InChI=1S/C28H32F3N5O3/c29-21-13-18(27(32)38)1-3-24(21)36-7-5-17(6-8-36)16-34-9-11-35(12-10-34)19-14-22(30)26(23(31)15-19)20-2-4-25(37)33-28(20)39/h1,3,13-15,17,20H,2,4-12,16H2,(H2,32,38)(H,33,37,39). The molecule has 0 aliphatic carbocycles. The minimum atomic E-state index is -1.01. The molecule has 0 saturated carbocycles. The van der Waals surface area contributed by atoms with Gasteiger partial charge in [0.05, 0.1) is 11.6 Å². The summed E-state index contributed by atoms with van der Waals surface area (Å²) in [6, 6.07) is 6.90. The predicted molar refractivity (Wildman–Crippen MR) is 140 cm³/mol. The van der Waals surface area contributed by atoms with Gasteiger partial charge >= 0.3 is 0 Å². The van der Waals surface area contributed by atoms with Crippen LogP contribution >= 0.6 is 0 Å². The Balaban J connectivity index is 1.12. The average molecular weight is 544 g/mol. The van der Waals surface area contributed by atoms with E-state index in [4.69, 9.17) is 5.73 Å². The fraction of sp³-hybridized carbons (Fsp3) is 0.464. The lowest BCUT2D eigenvalue weighted by Gasteiger charge is -2.40. The van der Waals surface area contributed by atoms with Crippen LogP contribution in [0.3, 0.4) is 0 Å². The highest BCUT2D eigenvalue weighted by Gasteiger charge is 2.33. The SMILES string of the molecule is NC(=O)c1ccc(N2CCC(CN3CCN(c4cc(F)c(C5CCC(=O)NC5=O)c(F)c4)CC3)CC2)c(F)c1. The fourth-order valence-electron chi connectivity index (χ4n) is 5.88. The van der Waals surface area contributed by atoms with Crippen LogP contribution in [0.1, 0.15) is 47.5 Å². The van der Waals surface area contributed by atoms with Crippen LogP contribution in [-0.4, -0.2) is 68.4 Å². The maximum atomic E-state index is 15.0. The summed E-state index contributed by atoms with van der Waals surface area (Å²) in [4.78, 5) is 41.1. The van der Waals surface area contributed by atoms with Crippen molar-refractivity contribution in [2.24, 2.45) is 11.7 Å². The summed E-state index contributed by atoms with van der Waals surface area (Å²) in [5, 5.41) is 2.16. The summed E-state index contributed by atoms with van der Waals surface area (Å²) in [6.45, 7) is 5.08. The van der Waals surface area contributed by atoms with Gasteiger partial charge in [-0.2, -0.15) is 0 Å². The van der Waals surface area contributed by atoms with E-state index in [2.05, 4.69) is 10.2 Å². The fourth-order valence-corrected chi connectivity index (χ4v) is 5.88. The van der Waals surface area contributed by atoms with Crippen molar-refractivity contribution >= 4 is 29.1 Å². The van der Waals surface area contributed by atoms with Gasteiger partial charge in [-0.1, -0.05) is 0 Å². The first kappa shape index (κ1) is 27.0. The Kier molecular flexibility index (Phi) is 7.79. The third kappa shape index (κ3) is 5.88. The van der Waals surface area contributed by atoms with Crippen LogP contribution in [0, 0.1) is 23.4 Å². The van der Waals surface area contributed by atoms with Gasteiger partial charge in [-0.05, 0) is 55.5 Å². The smallest absolute Gasteiger partial charge is 0.248 e. The molecule has 0 aromatic heterocycles. The van der Waals surface area contributed by atoms with E-state index < -0.39 is 41.1 Å². The number of amides is 3. The zero-order valence-electron chi connectivity index (χ0n) is 21.6. The van der Waals surface area contributed by atoms with Gasteiger partial charge in [0.25, 0.3) is 0 Å². The molecule has 1 unspecified atom stereocenters. The van der Waals surface area contributed by atoms with Gasteiger partial charge in [-0.25, -0.2) is 13.2 Å². The van der Waals surface area contributed by atoms with Crippen molar-refractivity contribution < 1.29 is 27.6 Å². The number of hydrogen-bond donors (Lipinski definition) is 2. The van der Waals surface area contributed by atoms with Crippen molar-refractivity contribution in [1.29, 1.82) is 0 Å². The number of imide groups is 1. The molecule has 0 bridgehead atoms. The largest absolute Gasteiger partial charge is 0.369 e. The Morgan fingerprint density at radius 2 is 1.54 bits per heavy atom. The molecule has 3 saturated heterocycles. The molecule has 39 heavy (non-hydrogen) atoms. The first-order valence-electron chi connectivity index (χ1n) is 13.3. The molecule has 3 N–H and O–H groups in total. The number of nitrogens with two attached hydrogens (primary N) is 1. The second-order valence-corrected chi connectivity index (χ2v) is 10.6. The van der Waals surface area contributed by atoms with Crippen LogP contribution in [0.5, 0.6) is 0 Å². The maximum absolute atomic E-state index is 15.0. The highest BCUT2D eigenvalue weighted by Crippen LogP contribution is 2.33. The predicted octanol–water partition coefficient (Wildman–Crippen LogP) is 2.76. The van der Waals surface area contributed by atoms with E-state index in [1.165, 1.54) is 18.2 Å². The summed E-state index contributed by atoms with van der Waals surface area (Å²) in [7, 11) is 0. The Morgan fingerprint density at radius 3 is 2.13 bits per heavy atom. The number of rotatable bonds is 6. The summed E-state index contributed by atoms with van der Waals surface area (Å²) in [5.74, 6) is -4.28. The van der Waals surface area contributed by atoms with Gasteiger partial charge in [0.15, 0.2) is 0 Å². The van der Waals surface area contributed by atoms with Gasteiger partial charge in [0, 0.05) is 69.0 Å². The molecule has 3 amide bonds. The molecule has 3 aliphatic rings. The van der Waals surface area contributed by atoms with Crippen LogP contribution in [0.25, 0.3) is 0 Å². The summed E-state index contributed by atoms with van der Waals surface area (Å²) < 4.78 is 44.4. The lowest BCUT2D eigenvalue weighted by atomic mass is 9.89. The first-order chi connectivity index (χ1) is 18.7. The van der Waals surface area contributed by atoms with Crippen LogP contribution in [0.4, 0.5) is 24.5 Å². The van der Waals surface area contributed by atoms with E-state index >= 15 is 0 Å². The van der Waals surface area contributed by atoms with Gasteiger partial charge in [0.1, 0.15) is 17.5 Å². The molecule has 3 aliphatic heterocycles. The van der Waals surface area contributed by atoms with Gasteiger partial charge in [-0.3, -0.25) is 24.6 Å². The third-order valence-electron chi connectivity index (χ3n) is 8.09. The molecule has 3 fully saturated rings. The lowest BCUT2D eigenvalue weighted by Crippen LogP contribution is -2.49. The lowest BCUT2D eigenvalue weighted by molar-refractivity contribution is -0.134. The van der Waals surface area contributed by atoms with E-state index in [1.807, 2.05) is 9.80 Å². The van der Waals surface area contributed by atoms with Crippen molar-refractivity contribution in [2.75, 3.05) is 55.6 Å². The monoisotopic (exact) mass is 543 g/mol. The molecule has 11 heteroatoms. The minimum Gasteiger partial charge on any atom is -0.369 e. The highest BCUT2D eigenvalue weighted by atomic mass is 19.1. The maximum Gasteiger partial charge on any atom is 0.248 e. The van der Waals surface area contributed by atoms with E-state index in [0.29, 0.717) is 30.4 Å². The normalized spacial score (nSPS) is 21.3. The van der Waals surface area contributed by atoms with Crippen molar-refractivity contribution in [3.63, 3.8) is 0 Å². The number of hydrogen-bond acceptors (Lipinski definition) is 6. The Morgan fingerprint density at radius 1 is 0.872 bits per heavy atom. The molecular formula is C28H32F3N5O3. The number of carbonyl (C=O) groups is 3. The number of primary amides is 1. The third-order valence-corrected chi connectivity index (χ3v) is 8.09. The number of benzene rings is 2. The van der Waals surface area contributed by atoms with E-state index in [0.717, 1.165) is 45.6 Å². The minimum absolute atomic E-state index is 0.0545. The molecule has 8 nitrogen and oxygen atoms in total. The Hall–Kier alpha value is -3.60. The van der Waals surface area contributed by atoms with Crippen LogP contribution in [0.2, 0.25) is 0 Å². The summed E-state index contributed by atoms with van der Waals surface area (Å²) in [5.41, 5.74) is 6.03. The van der Waals surface area contributed by atoms with Crippen LogP contribution in [0.15, 0.2) is 30.3 Å². The second-order valence-electron chi connectivity index (χ2n) is 10.6. The van der Waals surface area contributed by atoms with Gasteiger partial charge in [-0.15, -0.1) is 0 Å². The number of anilines is 2. The number of nitrogens with zero attached hydrogens (tertiary/aromatic N) is 3. The van der Waals surface area contributed by atoms with Crippen molar-refractivity contribution in [3.05, 3.63) is 58.9 Å². The molecule has 3 heterocycles. The molecule has 208 valence electrons. The average Bonchev–Trinajstić information content (AvgIpc) is 2.90. The molecule has 0 spiro atoms. The van der Waals surface area contributed by atoms with Crippen LogP contribution in [-0.2, 0) is 9.59 Å². The second kappa shape index (κ2) is 11.3. The van der Waals surface area contributed by atoms with E-state index in [1.54, 1.807) is 12.1 Å². The van der Waals surface area contributed by atoms with Crippen molar-refractivity contribution in [1.82, 2.24) is 10.2 Å². The molecule has 1 atom stereocenters. The topological polar surface area (TPSA) is 99.0 Å². The zero-order chi connectivity index (χ0) is 27.7. The Labute approximate surface area is 224 Å². The number of halogens is 3. The number of piperazine rings is 1. The number of nitrogens with one attached hydrogen (secondary N) is 1. The van der Waals surface area contributed by atoms with E-state index in [9.17, 15) is 27.6 Å². The number of carbonyl (C=O) groups excluding carboxylic acids is 3. The van der Waals surface area contributed by atoms with Crippen LogP contribution < -0.4 is 20.9 Å². The molecule has 0 radical (unpaired) electrons. The van der Waals surface area contributed by atoms with Crippen molar-refractivity contribution in [2.45, 2.75) is 31.6 Å². The number of piperidine rings is 2. The summed E-state index contributed by atoms with van der Waals surface area (Å²) >= 11 is 0. The van der Waals surface area contributed by atoms with Gasteiger partial charge in [0.2, 0.25) is 17.7 Å². The highest BCUT2D eigenvalue weighted by molar-refractivity contribution is 6.01. The molecule has 2 aromatic carbocycles. The van der Waals surface area contributed by atoms with Gasteiger partial charge < -0.3 is 15.5 Å². The quantitative estimate of drug-likeness (QED) is 0.544. The van der Waals surface area contributed by atoms with E-state index in [-0.39, 0.29) is 24.0 Å². The zero-order valence-corrected chi connectivity index (χ0v) is 21.6. The Bertz CT molecular complexity index is 1250. The molecule has 5 rings (SSSR count). The molecular weight excluding hydrogens is 511 g/mol. The summed E-state index contributed by atoms with van der Waals surface area (Å²) in [6.07, 6.45) is 1.97.